The second-order valence-corrected chi connectivity index (χ2v) is 5.21. The van der Waals surface area contributed by atoms with Crippen molar-refractivity contribution in [1.82, 2.24) is 15.2 Å². The van der Waals surface area contributed by atoms with E-state index in [9.17, 15) is 13.6 Å². The molecule has 1 N–H and O–H groups in total. The van der Waals surface area contributed by atoms with Gasteiger partial charge in [0.25, 0.3) is 5.91 Å². The molecule has 2 heterocycles. The van der Waals surface area contributed by atoms with Gasteiger partial charge in [0.15, 0.2) is 11.6 Å². The molecule has 0 unspecified atom stereocenters. The first kappa shape index (κ1) is 14.2. The fraction of sp³-hybridized carbons (Fsp3) is 0. The molecule has 0 spiro atoms. The number of benzene rings is 1. The van der Waals surface area contributed by atoms with E-state index in [2.05, 4.69) is 20.5 Å². The van der Waals surface area contributed by atoms with Gasteiger partial charge in [-0.25, -0.2) is 8.78 Å². The number of carbonyl (C=O) groups excluding carboxylic acids is 1. The quantitative estimate of drug-likeness (QED) is 0.805. The van der Waals surface area contributed by atoms with Crippen molar-refractivity contribution in [2.75, 3.05) is 5.32 Å². The third kappa shape index (κ3) is 2.96. The van der Waals surface area contributed by atoms with E-state index in [0.29, 0.717) is 5.01 Å². The van der Waals surface area contributed by atoms with Gasteiger partial charge in [0.05, 0.1) is 0 Å². The summed E-state index contributed by atoms with van der Waals surface area (Å²) in [6, 6.07) is 6.45. The molecule has 0 aliphatic heterocycles. The second kappa shape index (κ2) is 5.94. The summed E-state index contributed by atoms with van der Waals surface area (Å²) in [4.78, 5) is 15.9. The average molecular weight is 318 g/mol. The first-order chi connectivity index (χ1) is 10.6. The standard InChI is InChI=1S/C14H8F2N4OS/c15-10-2-1-9(7-11(10)16)12(21)18-14-20-19-13(22-14)8-3-5-17-6-4-8/h1-7H,(H,18,20,21). The highest BCUT2D eigenvalue weighted by Gasteiger charge is 2.13. The van der Waals surface area contributed by atoms with Crippen molar-refractivity contribution in [3.05, 3.63) is 59.9 Å². The number of hydrogen-bond donors (Lipinski definition) is 1. The molecule has 110 valence electrons. The Bertz CT molecular complexity index is 823. The number of amides is 1. The van der Waals surface area contributed by atoms with Crippen LogP contribution in [0, 0.1) is 11.6 Å². The molecule has 3 aromatic rings. The van der Waals surface area contributed by atoms with Gasteiger partial charge in [-0.05, 0) is 30.3 Å². The minimum Gasteiger partial charge on any atom is -0.296 e. The fourth-order valence-corrected chi connectivity index (χ4v) is 2.44. The summed E-state index contributed by atoms with van der Waals surface area (Å²) >= 11 is 1.17. The molecule has 0 radical (unpaired) electrons. The van der Waals surface area contributed by atoms with E-state index < -0.39 is 17.5 Å². The summed E-state index contributed by atoms with van der Waals surface area (Å²) in [5, 5.41) is 11.2. The number of aromatic nitrogens is 3. The number of hydrogen-bond acceptors (Lipinski definition) is 5. The van der Waals surface area contributed by atoms with Gasteiger partial charge >= 0.3 is 0 Å². The Hall–Kier alpha value is -2.74. The van der Waals surface area contributed by atoms with E-state index in [1.54, 1.807) is 24.5 Å². The molecule has 0 saturated heterocycles. The molecule has 0 aliphatic carbocycles. The van der Waals surface area contributed by atoms with Crippen LogP contribution in [-0.2, 0) is 0 Å². The number of pyridine rings is 1. The number of halogens is 2. The maximum Gasteiger partial charge on any atom is 0.257 e. The Morgan fingerprint density at radius 2 is 1.82 bits per heavy atom. The molecule has 8 heteroatoms. The Morgan fingerprint density at radius 1 is 1.05 bits per heavy atom. The largest absolute Gasteiger partial charge is 0.296 e. The smallest absolute Gasteiger partial charge is 0.257 e. The van der Waals surface area contributed by atoms with Crippen LogP contribution in [0.4, 0.5) is 13.9 Å². The van der Waals surface area contributed by atoms with Gasteiger partial charge in [0, 0.05) is 23.5 Å². The van der Waals surface area contributed by atoms with Crippen molar-refractivity contribution in [3.63, 3.8) is 0 Å². The lowest BCUT2D eigenvalue weighted by atomic mass is 10.2. The second-order valence-electron chi connectivity index (χ2n) is 4.23. The maximum atomic E-state index is 13.1. The summed E-state index contributed by atoms with van der Waals surface area (Å²) in [7, 11) is 0. The molecule has 3 rings (SSSR count). The Labute approximate surface area is 127 Å². The van der Waals surface area contributed by atoms with Crippen molar-refractivity contribution < 1.29 is 13.6 Å². The summed E-state index contributed by atoms with van der Waals surface area (Å²) in [6.07, 6.45) is 3.24. The highest BCUT2D eigenvalue weighted by molar-refractivity contribution is 7.18. The lowest BCUT2D eigenvalue weighted by molar-refractivity contribution is 0.102. The highest BCUT2D eigenvalue weighted by Crippen LogP contribution is 2.25. The molecular weight excluding hydrogens is 310 g/mol. The third-order valence-corrected chi connectivity index (χ3v) is 3.64. The molecule has 22 heavy (non-hydrogen) atoms. The van der Waals surface area contributed by atoms with Crippen LogP contribution in [0.3, 0.4) is 0 Å². The number of anilines is 1. The van der Waals surface area contributed by atoms with Gasteiger partial charge in [-0.1, -0.05) is 11.3 Å². The Kier molecular flexibility index (Phi) is 3.84. The van der Waals surface area contributed by atoms with Crippen LogP contribution < -0.4 is 5.32 Å². The molecule has 0 aliphatic rings. The molecule has 5 nitrogen and oxygen atoms in total. The zero-order chi connectivity index (χ0) is 15.5. The van der Waals surface area contributed by atoms with Gasteiger partial charge < -0.3 is 0 Å². The van der Waals surface area contributed by atoms with Crippen LogP contribution in [-0.4, -0.2) is 21.1 Å². The highest BCUT2D eigenvalue weighted by atomic mass is 32.1. The number of carbonyl (C=O) groups is 1. The van der Waals surface area contributed by atoms with Gasteiger partial charge in [0.1, 0.15) is 5.01 Å². The monoisotopic (exact) mass is 318 g/mol. The van der Waals surface area contributed by atoms with E-state index in [1.807, 2.05) is 0 Å². The Balaban J connectivity index is 1.77. The van der Waals surface area contributed by atoms with Crippen LogP contribution in [0.15, 0.2) is 42.7 Å². The molecular formula is C14H8F2N4OS. The van der Waals surface area contributed by atoms with E-state index in [1.165, 1.54) is 17.4 Å². The van der Waals surface area contributed by atoms with Crippen molar-refractivity contribution in [3.8, 4) is 10.6 Å². The molecule has 2 aromatic heterocycles. The minimum absolute atomic E-state index is 0.000406. The number of nitrogens with one attached hydrogen (secondary N) is 1. The van der Waals surface area contributed by atoms with E-state index in [4.69, 9.17) is 0 Å². The van der Waals surface area contributed by atoms with Crippen molar-refractivity contribution in [2.24, 2.45) is 0 Å². The topological polar surface area (TPSA) is 67.8 Å². The SMILES string of the molecule is O=C(Nc1nnc(-c2ccncc2)s1)c1ccc(F)c(F)c1. The molecule has 1 amide bonds. The molecule has 0 atom stereocenters. The summed E-state index contributed by atoms with van der Waals surface area (Å²) in [5.74, 6) is -2.67. The summed E-state index contributed by atoms with van der Waals surface area (Å²) < 4.78 is 26.0. The van der Waals surface area contributed by atoms with E-state index >= 15 is 0 Å². The van der Waals surface area contributed by atoms with E-state index in [0.717, 1.165) is 17.7 Å². The normalized spacial score (nSPS) is 10.5. The third-order valence-electron chi connectivity index (χ3n) is 2.75. The van der Waals surface area contributed by atoms with Crippen molar-refractivity contribution in [1.29, 1.82) is 0 Å². The van der Waals surface area contributed by atoms with Crippen LogP contribution >= 0.6 is 11.3 Å². The molecule has 0 fully saturated rings. The van der Waals surface area contributed by atoms with Crippen molar-refractivity contribution >= 4 is 22.4 Å². The average Bonchev–Trinajstić information content (AvgIpc) is 2.99. The summed E-state index contributed by atoms with van der Waals surface area (Å²) in [6.45, 7) is 0. The summed E-state index contributed by atoms with van der Waals surface area (Å²) in [5.41, 5.74) is 0.820. The zero-order valence-corrected chi connectivity index (χ0v) is 11.8. The molecule has 1 aromatic carbocycles. The van der Waals surface area contributed by atoms with Gasteiger partial charge in [-0.2, -0.15) is 0 Å². The fourth-order valence-electron chi connectivity index (χ4n) is 1.69. The number of nitrogens with zero attached hydrogens (tertiary/aromatic N) is 3. The van der Waals surface area contributed by atoms with Gasteiger partial charge in [-0.15, -0.1) is 10.2 Å². The van der Waals surface area contributed by atoms with Crippen LogP contribution in [0.1, 0.15) is 10.4 Å². The molecule has 0 bridgehead atoms. The zero-order valence-electron chi connectivity index (χ0n) is 11.0. The lowest BCUT2D eigenvalue weighted by Crippen LogP contribution is -2.12. The van der Waals surface area contributed by atoms with Gasteiger partial charge in [-0.3, -0.25) is 15.1 Å². The van der Waals surface area contributed by atoms with Crippen molar-refractivity contribution in [2.45, 2.75) is 0 Å². The predicted molar refractivity (Wildman–Crippen MR) is 77.5 cm³/mol. The maximum absolute atomic E-state index is 13.1. The van der Waals surface area contributed by atoms with Gasteiger partial charge in [0.2, 0.25) is 5.13 Å². The molecule has 0 saturated carbocycles. The first-order valence-corrected chi connectivity index (χ1v) is 6.95. The van der Waals surface area contributed by atoms with Crippen LogP contribution in [0.2, 0.25) is 0 Å². The van der Waals surface area contributed by atoms with E-state index in [-0.39, 0.29) is 10.7 Å². The van der Waals surface area contributed by atoms with Crippen LogP contribution in [0.25, 0.3) is 10.6 Å². The van der Waals surface area contributed by atoms with Crippen LogP contribution in [0.5, 0.6) is 0 Å². The predicted octanol–water partition coefficient (Wildman–Crippen LogP) is 3.13. The number of rotatable bonds is 3. The first-order valence-electron chi connectivity index (χ1n) is 6.14. The lowest BCUT2D eigenvalue weighted by Gasteiger charge is -2.01. The minimum atomic E-state index is -1.08. The Morgan fingerprint density at radius 3 is 2.55 bits per heavy atom.